The number of nitrogens with zero attached hydrogens (tertiary/aromatic N) is 5. The van der Waals surface area contributed by atoms with Crippen molar-refractivity contribution in [2.45, 2.75) is 46.1 Å². The van der Waals surface area contributed by atoms with Crippen molar-refractivity contribution in [3.8, 4) is 17.1 Å². The molecule has 2 aromatic heterocycles. The monoisotopic (exact) mass is 351 g/mol. The number of hydrogen-bond acceptors (Lipinski definition) is 4. The van der Waals surface area contributed by atoms with Crippen molar-refractivity contribution < 1.29 is 4.92 Å². The third-order valence-corrected chi connectivity index (χ3v) is 5.10. The molecule has 0 radical (unpaired) electrons. The average molecular weight is 351 g/mol. The van der Waals surface area contributed by atoms with Crippen molar-refractivity contribution in [1.82, 2.24) is 19.3 Å². The average Bonchev–Trinajstić information content (AvgIpc) is 3.05. The zero-order valence-electron chi connectivity index (χ0n) is 15.0. The fraction of sp³-hybridized carbons (Fsp3) is 0.368. The molecular weight excluding hydrogens is 330 g/mol. The summed E-state index contributed by atoms with van der Waals surface area (Å²) in [7, 11) is 0. The molecule has 0 saturated carbocycles. The first-order chi connectivity index (χ1) is 12.6. The van der Waals surface area contributed by atoms with Gasteiger partial charge in [0.05, 0.1) is 4.92 Å². The summed E-state index contributed by atoms with van der Waals surface area (Å²) >= 11 is 0. The zero-order valence-corrected chi connectivity index (χ0v) is 15.0. The van der Waals surface area contributed by atoms with Gasteiger partial charge in [0.25, 0.3) is 5.69 Å². The molecule has 4 rings (SSSR count). The number of non-ortho nitro benzene ring substituents is 1. The van der Waals surface area contributed by atoms with Crippen molar-refractivity contribution in [2.75, 3.05) is 0 Å². The summed E-state index contributed by atoms with van der Waals surface area (Å²) in [4.78, 5) is 10.5. The van der Waals surface area contributed by atoms with Crippen molar-refractivity contribution in [3.63, 3.8) is 0 Å². The van der Waals surface area contributed by atoms with E-state index in [1.165, 1.54) is 25.0 Å². The first kappa shape index (κ1) is 16.5. The second-order valence-electron chi connectivity index (χ2n) is 6.80. The summed E-state index contributed by atoms with van der Waals surface area (Å²) < 4.78 is 4.35. The van der Waals surface area contributed by atoms with Gasteiger partial charge in [-0.3, -0.25) is 10.1 Å². The van der Waals surface area contributed by atoms with Gasteiger partial charge in [0.15, 0.2) is 5.82 Å². The molecule has 7 heteroatoms. The first-order valence-corrected chi connectivity index (χ1v) is 8.92. The van der Waals surface area contributed by atoms with Crippen LogP contribution in [0, 0.1) is 24.0 Å². The highest BCUT2D eigenvalue weighted by molar-refractivity contribution is 5.63. The third-order valence-electron chi connectivity index (χ3n) is 5.10. The minimum Gasteiger partial charge on any atom is -0.318 e. The van der Waals surface area contributed by atoms with Crippen molar-refractivity contribution in [1.29, 1.82) is 0 Å². The third kappa shape index (κ3) is 2.69. The number of nitro benzene ring substituents is 1. The Morgan fingerprint density at radius 2 is 1.85 bits per heavy atom. The SMILES string of the molecule is Cc1cc(-c2nnc3n2CCCCC3)c(C)n1-c1ccc([N+](=O)[O-])cc1. The quantitative estimate of drug-likeness (QED) is 0.528. The Kier molecular flexibility index (Phi) is 4.06. The Balaban J connectivity index is 1.78. The summed E-state index contributed by atoms with van der Waals surface area (Å²) in [6, 6.07) is 8.77. The fourth-order valence-electron chi connectivity index (χ4n) is 3.79. The smallest absolute Gasteiger partial charge is 0.269 e. The second kappa shape index (κ2) is 6.40. The lowest BCUT2D eigenvalue weighted by atomic mass is 10.2. The Bertz CT molecular complexity index is 969. The van der Waals surface area contributed by atoms with Crippen LogP contribution in [0.5, 0.6) is 0 Å². The molecule has 1 aromatic carbocycles. The highest BCUT2D eigenvalue weighted by Gasteiger charge is 2.21. The molecule has 3 aromatic rings. The van der Waals surface area contributed by atoms with E-state index in [0.29, 0.717) is 0 Å². The van der Waals surface area contributed by atoms with Gasteiger partial charge in [-0.25, -0.2) is 0 Å². The molecule has 0 saturated heterocycles. The molecule has 0 bridgehead atoms. The number of rotatable bonds is 3. The van der Waals surface area contributed by atoms with Crippen LogP contribution >= 0.6 is 0 Å². The Morgan fingerprint density at radius 3 is 2.58 bits per heavy atom. The van der Waals surface area contributed by atoms with Gasteiger partial charge in [0.1, 0.15) is 5.82 Å². The Labute approximate surface area is 151 Å². The van der Waals surface area contributed by atoms with E-state index in [4.69, 9.17) is 0 Å². The van der Waals surface area contributed by atoms with Gasteiger partial charge in [-0.2, -0.15) is 0 Å². The molecular formula is C19H21N5O2. The minimum atomic E-state index is -0.379. The molecule has 0 amide bonds. The largest absolute Gasteiger partial charge is 0.318 e. The summed E-state index contributed by atoms with van der Waals surface area (Å²) in [5, 5.41) is 19.8. The van der Waals surface area contributed by atoms with Gasteiger partial charge in [-0.05, 0) is 44.9 Å². The maximum Gasteiger partial charge on any atom is 0.269 e. The molecule has 0 aliphatic carbocycles. The number of hydrogen-bond donors (Lipinski definition) is 0. The molecule has 1 aliphatic rings. The highest BCUT2D eigenvalue weighted by atomic mass is 16.6. The topological polar surface area (TPSA) is 78.8 Å². The van der Waals surface area contributed by atoms with E-state index >= 15 is 0 Å². The van der Waals surface area contributed by atoms with Crippen LogP contribution in [0.1, 0.15) is 36.5 Å². The van der Waals surface area contributed by atoms with Gasteiger partial charge in [0.2, 0.25) is 0 Å². The number of nitro groups is 1. The lowest BCUT2D eigenvalue weighted by Gasteiger charge is -2.10. The molecule has 0 N–H and O–H groups in total. The predicted octanol–water partition coefficient (Wildman–Crippen LogP) is 3.99. The van der Waals surface area contributed by atoms with E-state index in [9.17, 15) is 10.1 Å². The van der Waals surface area contributed by atoms with Gasteiger partial charge in [0, 0.05) is 47.7 Å². The van der Waals surface area contributed by atoms with Crippen LogP contribution in [-0.2, 0) is 13.0 Å². The van der Waals surface area contributed by atoms with Crippen molar-refractivity contribution in [2.24, 2.45) is 0 Å². The van der Waals surface area contributed by atoms with Crippen LogP contribution in [-0.4, -0.2) is 24.3 Å². The lowest BCUT2D eigenvalue weighted by Crippen LogP contribution is -2.04. The number of benzene rings is 1. The molecule has 0 fully saturated rings. The highest BCUT2D eigenvalue weighted by Crippen LogP contribution is 2.30. The summed E-state index contributed by atoms with van der Waals surface area (Å²) in [6.07, 6.45) is 4.53. The molecule has 134 valence electrons. The van der Waals surface area contributed by atoms with Crippen LogP contribution < -0.4 is 0 Å². The van der Waals surface area contributed by atoms with E-state index in [1.54, 1.807) is 12.1 Å². The summed E-state index contributed by atoms with van der Waals surface area (Å²) in [5.74, 6) is 1.99. The van der Waals surface area contributed by atoms with Gasteiger partial charge in [-0.15, -0.1) is 10.2 Å². The molecule has 1 aliphatic heterocycles. The lowest BCUT2D eigenvalue weighted by molar-refractivity contribution is -0.384. The Hall–Kier alpha value is -2.96. The second-order valence-corrected chi connectivity index (χ2v) is 6.80. The minimum absolute atomic E-state index is 0.0965. The number of aromatic nitrogens is 4. The predicted molar refractivity (Wildman–Crippen MR) is 98.5 cm³/mol. The molecule has 26 heavy (non-hydrogen) atoms. The maximum absolute atomic E-state index is 10.9. The standard InChI is InChI=1S/C19H21N5O2/c1-13-12-17(19-21-20-18-6-4-3-5-11-22(18)19)14(2)23(13)15-7-9-16(10-8-15)24(25)26/h7-10,12H,3-6,11H2,1-2H3. The van der Waals surface area contributed by atoms with Crippen LogP contribution in [0.4, 0.5) is 5.69 Å². The van der Waals surface area contributed by atoms with E-state index in [-0.39, 0.29) is 10.6 Å². The van der Waals surface area contributed by atoms with E-state index in [0.717, 1.165) is 53.7 Å². The van der Waals surface area contributed by atoms with E-state index < -0.39 is 0 Å². The molecule has 3 heterocycles. The summed E-state index contributed by atoms with van der Waals surface area (Å²) in [5.41, 5.74) is 4.21. The van der Waals surface area contributed by atoms with E-state index in [1.807, 2.05) is 6.92 Å². The molecule has 0 atom stereocenters. The number of aryl methyl sites for hydroxylation is 2. The first-order valence-electron chi connectivity index (χ1n) is 8.92. The van der Waals surface area contributed by atoms with Crippen molar-refractivity contribution >= 4 is 5.69 Å². The van der Waals surface area contributed by atoms with Crippen molar-refractivity contribution in [3.05, 3.63) is 57.7 Å². The van der Waals surface area contributed by atoms with Crippen LogP contribution in [0.15, 0.2) is 30.3 Å². The van der Waals surface area contributed by atoms with Crippen LogP contribution in [0.25, 0.3) is 17.1 Å². The maximum atomic E-state index is 10.9. The van der Waals surface area contributed by atoms with Crippen LogP contribution in [0.2, 0.25) is 0 Å². The molecule has 7 nitrogen and oxygen atoms in total. The summed E-state index contributed by atoms with van der Waals surface area (Å²) in [6.45, 7) is 5.05. The Morgan fingerprint density at radius 1 is 1.08 bits per heavy atom. The van der Waals surface area contributed by atoms with Gasteiger partial charge >= 0.3 is 0 Å². The zero-order chi connectivity index (χ0) is 18.3. The molecule has 0 spiro atoms. The number of fused-ring (bicyclic) bond motifs is 1. The van der Waals surface area contributed by atoms with Gasteiger partial charge < -0.3 is 9.13 Å². The van der Waals surface area contributed by atoms with Crippen LogP contribution in [0.3, 0.4) is 0 Å². The van der Waals surface area contributed by atoms with E-state index in [2.05, 4.69) is 32.3 Å². The normalized spacial score (nSPS) is 14.1. The van der Waals surface area contributed by atoms with Gasteiger partial charge in [-0.1, -0.05) is 6.42 Å². The fourth-order valence-corrected chi connectivity index (χ4v) is 3.79. The molecule has 0 unspecified atom stereocenters.